The average Bonchev–Trinajstić information content (AvgIpc) is 2.15. The lowest BCUT2D eigenvalue weighted by Crippen LogP contribution is -2.05. The Hall–Kier alpha value is -1.61. The standard InChI is InChI=1S/C9H5F2NO2S/c10-8(11)4-1-2-6(15)7(9(13)14)5(4)3-12/h1-2,8,15H,(H,13,14). The summed E-state index contributed by atoms with van der Waals surface area (Å²) in [4.78, 5) is 10.7. The Kier molecular flexibility index (Phi) is 3.27. The molecular formula is C9H5F2NO2S. The van der Waals surface area contributed by atoms with E-state index >= 15 is 0 Å². The van der Waals surface area contributed by atoms with Crippen LogP contribution in [-0.4, -0.2) is 11.1 Å². The molecule has 0 spiro atoms. The van der Waals surface area contributed by atoms with E-state index in [1.54, 1.807) is 0 Å². The van der Waals surface area contributed by atoms with Crippen molar-refractivity contribution in [1.29, 1.82) is 5.26 Å². The fraction of sp³-hybridized carbons (Fsp3) is 0.111. The van der Waals surface area contributed by atoms with Crippen molar-refractivity contribution < 1.29 is 18.7 Å². The van der Waals surface area contributed by atoms with E-state index in [1.807, 2.05) is 0 Å². The minimum Gasteiger partial charge on any atom is -0.478 e. The van der Waals surface area contributed by atoms with E-state index in [1.165, 1.54) is 6.07 Å². The summed E-state index contributed by atoms with van der Waals surface area (Å²) in [7, 11) is 0. The van der Waals surface area contributed by atoms with Gasteiger partial charge in [-0.2, -0.15) is 5.26 Å². The van der Waals surface area contributed by atoms with Crippen molar-refractivity contribution in [3.05, 3.63) is 28.8 Å². The summed E-state index contributed by atoms with van der Waals surface area (Å²) >= 11 is 3.80. The van der Waals surface area contributed by atoms with E-state index in [2.05, 4.69) is 12.6 Å². The van der Waals surface area contributed by atoms with Gasteiger partial charge in [0.05, 0.1) is 11.1 Å². The molecule has 0 fully saturated rings. The van der Waals surface area contributed by atoms with Crippen LogP contribution in [0.3, 0.4) is 0 Å². The van der Waals surface area contributed by atoms with Gasteiger partial charge >= 0.3 is 5.97 Å². The first-order chi connectivity index (χ1) is 6.99. The summed E-state index contributed by atoms with van der Waals surface area (Å²) in [6, 6.07) is 3.59. The van der Waals surface area contributed by atoms with Gasteiger partial charge in [-0.25, -0.2) is 13.6 Å². The van der Waals surface area contributed by atoms with E-state index in [-0.39, 0.29) is 4.90 Å². The topological polar surface area (TPSA) is 61.1 Å². The number of alkyl halides is 2. The van der Waals surface area contributed by atoms with Crippen molar-refractivity contribution in [1.82, 2.24) is 0 Å². The molecule has 0 radical (unpaired) electrons. The van der Waals surface area contributed by atoms with Crippen molar-refractivity contribution in [2.45, 2.75) is 11.3 Å². The fourth-order valence-corrected chi connectivity index (χ4v) is 1.41. The van der Waals surface area contributed by atoms with Crippen molar-refractivity contribution in [2.75, 3.05) is 0 Å². The minimum absolute atomic E-state index is 0.0107. The van der Waals surface area contributed by atoms with Crippen molar-refractivity contribution in [2.24, 2.45) is 0 Å². The van der Waals surface area contributed by atoms with Crippen LogP contribution in [0.1, 0.15) is 27.9 Å². The Labute approximate surface area is 89.4 Å². The molecule has 78 valence electrons. The number of carboxylic acids is 1. The van der Waals surface area contributed by atoms with E-state index in [0.717, 1.165) is 12.1 Å². The Balaban J connectivity index is 3.56. The molecule has 1 rings (SSSR count). The molecule has 0 unspecified atom stereocenters. The number of halogens is 2. The Morgan fingerprint density at radius 3 is 2.53 bits per heavy atom. The van der Waals surface area contributed by atoms with Crippen molar-refractivity contribution in [3.63, 3.8) is 0 Å². The number of carboxylic acid groups (broad SMARTS) is 1. The third-order valence-corrected chi connectivity index (χ3v) is 2.15. The van der Waals surface area contributed by atoms with Gasteiger partial charge in [0, 0.05) is 10.5 Å². The van der Waals surface area contributed by atoms with Gasteiger partial charge in [-0.05, 0) is 6.07 Å². The Morgan fingerprint density at radius 2 is 2.13 bits per heavy atom. The molecule has 0 atom stereocenters. The van der Waals surface area contributed by atoms with E-state index < -0.39 is 29.1 Å². The predicted molar refractivity (Wildman–Crippen MR) is 50.3 cm³/mol. The third-order valence-electron chi connectivity index (χ3n) is 1.78. The third kappa shape index (κ3) is 2.07. The molecule has 0 aliphatic carbocycles. The number of nitriles is 1. The first kappa shape index (κ1) is 11.5. The molecule has 0 aliphatic heterocycles. The van der Waals surface area contributed by atoms with Crippen LogP contribution in [0.25, 0.3) is 0 Å². The summed E-state index contributed by atoms with van der Waals surface area (Å²) in [5.41, 5.74) is -1.61. The average molecular weight is 229 g/mol. The molecule has 0 heterocycles. The van der Waals surface area contributed by atoms with Crippen LogP contribution in [0, 0.1) is 11.3 Å². The van der Waals surface area contributed by atoms with Crippen molar-refractivity contribution in [3.8, 4) is 6.07 Å². The van der Waals surface area contributed by atoms with Gasteiger partial charge in [-0.15, -0.1) is 12.6 Å². The normalized spacial score (nSPS) is 10.1. The SMILES string of the molecule is N#Cc1c(C(F)F)ccc(S)c1C(=O)O. The predicted octanol–water partition coefficient (Wildman–Crippen LogP) is 2.48. The lowest BCUT2D eigenvalue weighted by Gasteiger charge is -2.07. The molecular weight excluding hydrogens is 224 g/mol. The molecule has 6 heteroatoms. The second-order valence-electron chi connectivity index (χ2n) is 2.64. The molecule has 1 aromatic rings. The maximum Gasteiger partial charge on any atom is 0.338 e. The largest absolute Gasteiger partial charge is 0.478 e. The lowest BCUT2D eigenvalue weighted by atomic mass is 10.0. The molecule has 0 aliphatic rings. The molecule has 0 saturated carbocycles. The molecule has 0 amide bonds. The second-order valence-corrected chi connectivity index (χ2v) is 3.12. The first-order valence-corrected chi connectivity index (χ1v) is 4.21. The molecule has 15 heavy (non-hydrogen) atoms. The zero-order valence-corrected chi connectivity index (χ0v) is 8.13. The molecule has 1 aromatic carbocycles. The van der Waals surface area contributed by atoms with Gasteiger partial charge in [0.15, 0.2) is 0 Å². The van der Waals surface area contributed by atoms with Gasteiger partial charge in [0.1, 0.15) is 6.07 Å². The highest BCUT2D eigenvalue weighted by Gasteiger charge is 2.21. The van der Waals surface area contributed by atoms with Crippen LogP contribution in [-0.2, 0) is 0 Å². The fourth-order valence-electron chi connectivity index (χ4n) is 1.13. The molecule has 1 N–H and O–H groups in total. The number of aromatic carboxylic acids is 1. The number of rotatable bonds is 2. The second kappa shape index (κ2) is 4.28. The van der Waals surface area contributed by atoms with E-state index in [9.17, 15) is 13.6 Å². The minimum atomic E-state index is -2.88. The molecule has 0 saturated heterocycles. The first-order valence-electron chi connectivity index (χ1n) is 3.76. The highest BCUT2D eigenvalue weighted by Crippen LogP contribution is 2.28. The quantitative estimate of drug-likeness (QED) is 0.766. The van der Waals surface area contributed by atoms with Crippen LogP contribution in [0.4, 0.5) is 8.78 Å². The van der Waals surface area contributed by atoms with Gasteiger partial charge in [-0.1, -0.05) is 6.07 Å². The Bertz CT molecular complexity index is 454. The maximum absolute atomic E-state index is 12.4. The van der Waals surface area contributed by atoms with Gasteiger partial charge in [0.2, 0.25) is 0 Å². The monoisotopic (exact) mass is 229 g/mol. The molecule has 3 nitrogen and oxygen atoms in total. The van der Waals surface area contributed by atoms with Crippen LogP contribution in [0.15, 0.2) is 17.0 Å². The van der Waals surface area contributed by atoms with E-state index in [0.29, 0.717) is 0 Å². The molecule has 0 bridgehead atoms. The van der Waals surface area contributed by atoms with Gasteiger partial charge in [0.25, 0.3) is 6.43 Å². The van der Waals surface area contributed by atoms with Gasteiger partial charge in [-0.3, -0.25) is 0 Å². The summed E-state index contributed by atoms with van der Waals surface area (Å²) in [5.74, 6) is -1.45. The summed E-state index contributed by atoms with van der Waals surface area (Å²) < 4.78 is 24.8. The van der Waals surface area contributed by atoms with Gasteiger partial charge < -0.3 is 5.11 Å². The number of thiol groups is 1. The van der Waals surface area contributed by atoms with Crippen LogP contribution < -0.4 is 0 Å². The zero-order valence-electron chi connectivity index (χ0n) is 7.24. The van der Waals surface area contributed by atoms with Crippen LogP contribution in [0.2, 0.25) is 0 Å². The number of nitrogens with zero attached hydrogens (tertiary/aromatic N) is 1. The number of benzene rings is 1. The number of hydrogen-bond acceptors (Lipinski definition) is 3. The highest BCUT2D eigenvalue weighted by molar-refractivity contribution is 7.80. The van der Waals surface area contributed by atoms with Crippen molar-refractivity contribution >= 4 is 18.6 Å². The Morgan fingerprint density at radius 1 is 1.53 bits per heavy atom. The zero-order chi connectivity index (χ0) is 11.6. The van der Waals surface area contributed by atoms with Crippen LogP contribution in [0.5, 0.6) is 0 Å². The van der Waals surface area contributed by atoms with E-state index in [4.69, 9.17) is 10.4 Å². The smallest absolute Gasteiger partial charge is 0.338 e. The summed E-state index contributed by atoms with van der Waals surface area (Å²) in [6.07, 6.45) is -2.88. The summed E-state index contributed by atoms with van der Waals surface area (Å²) in [6.45, 7) is 0. The van der Waals surface area contributed by atoms with Crippen LogP contribution >= 0.6 is 12.6 Å². The number of hydrogen-bond donors (Lipinski definition) is 2. The highest BCUT2D eigenvalue weighted by atomic mass is 32.1. The molecule has 0 aromatic heterocycles. The number of carbonyl (C=O) groups is 1. The lowest BCUT2D eigenvalue weighted by molar-refractivity contribution is 0.0692. The maximum atomic E-state index is 12.4. The summed E-state index contributed by atoms with van der Waals surface area (Å²) in [5, 5.41) is 17.4.